The van der Waals surface area contributed by atoms with Gasteiger partial charge in [0.15, 0.2) is 5.65 Å². The number of amides is 1. The van der Waals surface area contributed by atoms with Gasteiger partial charge in [-0.25, -0.2) is 9.97 Å². The van der Waals surface area contributed by atoms with Crippen molar-refractivity contribution in [1.29, 1.82) is 0 Å². The highest BCUT2D eigenvalue weighted by molar-refractivity contribution is 5.96. The molecule has 4 heterocycles. The van der Waals surface area contributed by atoms with Crippen molar-refractivity contribution in [3.05, 3.63) is 54.2 Å². The molecule has 1 fully saturated rings. The molecule has 8 heteroatoms. The van der Waals surface area contributed by atoms with Gasteiger partial charge in [0.2, 0.25) is 0 Å². The van der Waals surface area contributed by atoms with Crippen molar-refractivity contribution in [2.75, 3.05) is 39.4 Å². The van der Waals surface area contributed by atoms with E-state index in [-0.39, 0.29) is 5.91 Å². The minimum absolute atomic E-state index is 0.125. The van der Waals surface area contributed by atoms with Crippen molar-refractivity contribution in [3.8, 4) is 0 Å². The summed E-state index contributed by atoms with van der Waals surface area (Å²) in [5, 5.41) is 2.95. The fourth-order valence-corrected chi connectivity index (χ4v) is 3.13. The van der Waals surface area contributed by atoms with Crippen LogP contribution in [-0.4, -0.2) is 69.7 Å². The number of nitrogens with one attached hydrogen (secondary N) is 1. The van der Waals surface area contributed by atoms with E-state index in [0.29, 0.717) is 24.2 Å². The molecular formula is C19H22N6O2. The molecule has 4 rings (SSSR count). The second kappa shape index (κ2) is 8.24. The highest BCUT2D eigenvalue weighted by Gasteiger charge is 2.13. The summed E-state index contributed by atoms with van der Waals surface area (Å²) in [5.41, 5.74) is 3.06. The molecule has 1 N–H and O–H groups in total. The maximum Gasteiger partial charge on any atom is 0.252 e. The molecule has 0 radical (unpaired) electrons. The van der Waals surface area contributed by atoms with Gasteiger partial charge >= 0.3 is 0 Å². The number of nitrogens with zero attached hydrogens (tertiary/aromatic N) is 5. The summed E-state index contributed by atoms with van der Waals surface area (Å²) in [6.07, 6.45) is 6.92. The van der Waals surface area contributed by atoms with Gasteiger partial charge in [-0.3, -0.25) is 14.7 Å². The Bertz CT molecular complexity index is 905. The molecular weight excluding hydrogens is 344 g/mol. The molecule has 0 atom stereocenters. The number of aromatic nitrogens is 4. The first kappa shape index (κ1) is 17.6. The van der Waals surface area contributed by atoms with Crippen LogP contribution in [0, 0.1) is 0 Å². The number of carbonyl (C=O) groups excluding carboxylic acids is 1. The van der Waals surface area contributed by atoms with Crippen LogP contribution in [-0.2, 0) is 11.3 Å². The SMILES string of the molecule is O=C(NCCN1CCOCC1)c1cnc2c(c1)ncn2Cc1cccnc1. The van der Waals surface area contributed by atoms with Crippen LogP contribution in [0.15, 0.2) is 43.1 Å². The van der Waals surface area contributed by atoms with Crippen LogP contribution in [0.1, 0.15) is 15.9 Å². The molecule has 1 saturated heterocycles. The van der Waals surface area contributed by atoms with Crippen LogP contribution in [0.5, 0.6) is 0 Å². The molecule has 0 unspecified atom stereocenters. The van der Waals surface area contributed by atoms with Crippen molar-refractivity contribution < 1.29 is 9.53 Å². The summed E-state index contributed by atoms with van der Waals surface area (Å²) in [7, 11) is 0. The number of morpholine rings is 1. The van der Waals surface area contributed by atoms with E-state index in [1.807, 2.05) is 22.9 Å². The van der Waals surface area contributed by atoms with Crippen molar-refractivity contribution in [2.24, 2.45) is 0 Å². The number of ether oxygens (including phenoxy) is 1. The van der Waals surface area contributed by atoms with Crippen molar-refractivity contribution >= 4 is 17.1 Å². The lowest BCUT2D eigenvalue weighted by Crippen LogP contribution is -2.41. The molecule has 0 aromatic carbocycles. The smallest absolute Gasteiger partial charge is 0.252 e. The molecule has 1 aliphatic heterocycles. The second-order valence-corrected chi connectivity index (χ2v) is 6.51. The van der Waals surface area contributed by atoms with Crippen LogP contribution < -0.4 is 5.32 Å². The van der Waals surface area contributed by atoms with Crippen molar-refractivity contribution in [3.63, 3.8) is 0 Å². The fraction of sp³-hybridized carbons (Fsp3) is 0.368. The maximum atomic E-state index is 12.4. The molecule has 0 bridgehead atoms. The first-order valence-electron chi connectivity index (χ1n) is 9.08. The molecule has 0 aliphatic carbocycles. The molecule has 0 saturated carbocycles. The fourth-order valence-electron chi connectivity index (χ4n) is 3.13. The van der Waals surface area contributed by atoms with E-state index in [1.165, 1.54) is 0 Å². The van der Waals surface area contributed by atoms with E-state index in [9.17, 15) is 4.79 Å². The Labute approximate surface area is 157 Å². The van der Waals surface area contributed by atoms with Gasteiger partial charge in [0.1, 0.15) is 5.52 Å². The lowest BCUT2D eigenvalue weighted by molar-refractivity contribution is 0.0383. The summed E-state index contributed by atoms with van der Waals surface area (Å²) >= 11 is 0. The number of carbonyl (C=O) groups is 1. The largest absolute Gasteiger partial charge is 0.379 e. The highest BCUT2D eigenvalue weighted by atomic mass is 16.5. The zero-order valence-electron chi connectivity index (χ0n) is 15.0. The number of pyridine rings is 2. The molecule has 1 aliphatic rings. The van der Waals surface area contributed by atoms with E-state index < -0.39 is 0 Å². The minimum atomic E-state index is -0.125. The molecule has 3 aromatic rings. The third-order valence-corrected chi connectivity index (χ3v) is 4.61. The van der Waals surface area contributed by atoms with Gasteiger partial charge in [-0.15, -0.1) is 0 Å². The highest BCUT2D eigenvalue weighted by Crippen LogP contribution is 2.13. The second-order valence-electron chi connectivity index (χ2n) is 6.51. The number of fused-ring (bicyclic) bond motifs is 1. The van der Waals surface area contributed by atoms with Crippen molar-refractivity contribution in [1.82, 2.24) is 29.7 Å². The average molecular weight is 366 g/mol. The van der Waals surface area contributed by atoms with E-state index in [4.69, 9.17) is 4.74 Å². The lowest BCUT2D eigenvalue weighted by atomic mass is 10.2. The van der Waals surface area contributed by atoms with Gasteiger partial charge < -0.3 is 14.6 Å². The molecule has 1 amide bonds. The maximum absolute atomic E-state index is 12.4. The monoisotopic (exact) mass is 366 g/mol. The van der Waals surface area contributed by atoms with Crippen LogP contribution in [0.4, 0.5) is 0 Å². The third kappa shape index (κ3) is 4.29. The Balaban J connectivity index is 1.38. The number of hydrogen-bond donors (Lipinski definition) is 1. The molecule has 140 valence electrons. The van der Waals surface area contributed by atoms with E-state index in [2.05, 4.69) is 25.2 Å². The van der Waals surface area contributed by atoms with Crippen LogP contribution >= 0.6 is 0 Å². The summed E-state index contributed by atoms with van der Waals surface area (Å²) in [4.78, 5) is 27.6. The van der Waals surface area contributed by atoms with Gasteiger partial charge in [-0.05, 0) is 17.7 Å². The van der Waals surface area contributed by atoms with Gasteiger partial charge in [-0.2, -0.15) is 0 Å². The third-order valence-electron chi connectivity index (χ3n) is 4.61. The summed E-state index contributed by atoms with van der Waals surface area (Å²) in [5.74, 6) is -0.125. The minimum Gasteiger partial charge on any atom is -0.379 e. The van der Waals surface area contributed by atoms with Gasteiger partial charge in [-0.1, -0.05) is 6.07 Å². The molecule has 0 spiro atoms. The number of hydrogen-bond acceptors (Lipinski definition) is 6. The number of rotatable bonds is 6. The van der Waals surface area contributed by atoms with E-state index >= 15 is 0 Å². The molecule has 8 nitrogen and oxygen atoms in total. The topological polar surface area (TPSA) is 85.2 Å². The van der Waals surface area contributed by atoms with Crippen LogP contribution in [0.3, 0.4) is 0 Å². The summed E-state index contributed by atoms with van der Waals surface area (Å²) in [6.45, 7) is 5.42. The Kier molecular flexibility index (Phi) is 5.36. The lowest BCUT2D eigenvalue weighted by Gasteiger charge is -2.26. The zero-order chi connectivity index (χ0) is 18.5. The summed E-state index contributed by atoms with van der Waals surface area (Å²) in [6, 6.07) is 5.70. The first-order chi connectivity index (χ1) is 13.3. The van der Waals surface area contributed by atoms with Gasteiger partial charge in [0.25, 0.3) is 5.91 Å². The van der Waals surface area contributed by atoms with Gasteiger partial charge in [0.05, 0.1) is 31.6 Å². The van der Waals surface area contributed by atoms with Crippen LogP contribution in [0.2, 0.25) is 0 Å². The normalized spacial score (nSPS) is 15.1. The standard InChI is InChI=1S/C19H22N6O2/c26-19(21-4-5-24-6-8-27-9-7-24)16-10-17-18(22-12-16)25(14-23-17)13-15-2-1-3-20-11-15/h1-3,10-12,14H,4-9,13H2,(H,21,26). The molecule has 3 aromatic heterocycles. The Morgan fingerprint density at radius 3 is 2.93 bits per heavy atom. The van der Waals surface area contributed by atoms with Gasteiger partial charge in [0, 0.05) is 44.8 Å². The number of imidazole rings is 1. The van der Waals surface area contributed by atoms with Crippen molar-refractivity contribution in [2.45, 2.75) is 6.54 Å². The van der Waals surface area contributed by atoms with E-state index in [1.54, 1.807) is 24.8 Å². The zero-order valence-corrected chi connectivity index (χ0v) is 15.0. The first-order valence-corrected chi connectivity index (χ1v) is 9.08. The molecule has 27 heavy (non-hydrogen) atoms. The van der Waals surface area contributed by atoms with Crippen LogP contribution in [0.25, 0.3) is 11.2 Å². The quantitative estimate of drug-likeness (QED) is 0.699. The van der Waals surface area contributed by atoms with E-state index in [0.717, 1.165) is 44.1 Å². The Morgan fingerprint density at radius 1 is 1.22 bits per heavy atom. The average Bonchev–Trinajstić information content (AvgIpc) is 3.11. The predicted molar refractivity (Wildman–Crippen MR) is 100 cm³/mol. The Morgan fingerprint density at radius 2 is 2.11 bits per heavy atom. The predicted octanol–water partition coefficient (Wildman–Crippen LogP) is 0.937. The summed E-state index contributed by atoms with van der Waals surface area (Å²) < 4.78 is 7.28. The Hall–Kier alpha value is -2.84.